The quantitative estimate of drug-likeness (QED) is 0.570. The molecule has 0 saturated heterocycles. The van der Waals surface area contributed by atoms with E-state index in [4.69, 9.17) is 4.74 Å². The summed E-state index contributed by atoms with van der Waals surface area (Å²) in [5, 5.41) is 0. The third-order valence-electron chi connectivity index (χ3n) is 2.44. The van der Waals surface area contributed by atoms with Crippen molar-refractivity contribution in [3.8, 4) is 0 Å². The van der Waals surface area contributed by atoms with Crippen LogP contribution in [0.2, 0.25) is 0 Å². The van der Waals surface area contributed by atoms with Gasteiger partial charge in [0.1, 0.15) is 0 Å². The molecule has 0 radical (unpaired) electrons. The number of ether oxygens (including phenoxy) is 1. The Hall–Kier alpha value is -0.820. The van der Waals surface area contributed by atoms with E-state index in [1.54, 1.807) is 0 Å². The van der Waals surface area contributed by atoms with Crippen LogP contribution in [-0.2, 0) is 11.2 Å². The maximum Gasteiger partial charge on any atom is 0.0803 e. The molecule has 0 amide bonds. The Balaban J connectivity index is 2.40. The monoisotopic (exact) mass is 162 g/mol. The Bertz CT molecular complexity index is 280. The number of hydrogen-bond acceptors (Lipinski definition) is 1. The fourth-order valence-corrected chi connectivity index (χ4v) is 1.90. The van der Waals surface area contributed by atoms with E-state index >= 15 is 0 Å². The minimum absolute atomic E-state index is 0.268. The molecule has 0 spiro atoms. The van der Waals surface area contributed by atoms with Crippen molar-refractivity contribution in [2.45, 2.75) is 32.5 Å². The standard InChI is InChI=1S/C11H14O/c1-8-7-10-5-3-4-6-11(10)9(2)12-8/h3-6,8-9H,7H2,1-2H3/t8-,9-/m0/s1. The van der Waals surface area contributed by atoms with Crippen LogP contribution >= 0.6 is 0 Å². The third-order valence-corrected chi connectivity index (χ3v) is 2.44. The van der Waals surface area contributed by atoms with Gasteiger partial charge in [-0.05, 0) is 31.4 Å². The summed E-state index contributed by atoms with van der Waals surface area (Å²) in [6, 6.07) is 8.54. The van der Waals surface area contributed by atoms with E-state index in [2.05, 4.69) is 38.1 Å². The normalized spacial score (nSPS) is 28.2. The van der Waals surface area contributed by atoms with E-state index in [-0.39, 0.29) is 6.10 Å². The highest BCUT2D eigenvalue weighted by Gasteiger charge is 2.20. The highest BCUT2D eigenvalue weighted by Crippen LogP contribution is 2.28. The van der Waals surface area contributed by atoms with E-state index in [0.29, 0.717) is 6.10 Å². The molecule has 1 heterocycles. The average Bonchev–Trinajstić information content (AvgIpc) is 2.04. The lowest BCUT2D eigenvalue weighted by molar-refractivity contribution is -0.00468. The second kappa shape index (κ2) is 2.91. The molecular formula is C11H14O. The molecule has 2 atom stereocenters. The van der Waals surface area contributed by atoms with Gasteiger partial charge >= 0.3 is 0 Å². The molecule has 0 N–H and O–H groups in total. The molecule has 1 heteroatoms. The minimum atomic E-state index is 0.268. The van der Waals surface area contributed by atoms with Gasteiger partial charge in [-0.2, -0.15) is 0 Å². The molecule has 0 unspecified atom stereocenters. The van der Waals surface area contributed by atoms with Gasteiger partial charge in [-0.15, -0.1) is 0 Å². The lowest BCUT2D eigenvalue weighted by Gasteiger charge is -2.27. The molecular weight excluding hydrogens is 148 g/mol. The van der Waals surface area contributed by atoms with E-state index < -0.39 is 0 Å². The van der Waals surface area contributed by atoms with Crippen molar-refractivity contribution < 1.29 is 4.74 Å². The third kappa shape index (κ3) is 1.25. The van der Waals surface area contributed by atoms with Gasteiger partial charge in [0, 0.05) is 0 Å². The summed E-state index contributed by atoms with van der Waals surface area (Å²) in [5.74, 6) is 0. The highest BCUT2D eigenvalue weighted by atomic mass is 16.5. The molecule has 0 fully saturated rings. The molecule has 0 aromatic heterocycles. The summed E-state index contributed by atoms with van der Waals surface area (Å²) in [6.07, 6.45) is 1.69. The second-order valence-electron chi connectivity index (χ2n) is 3.49. The van der Waals surface area contributed by atoms with E-state index in [1.807, 2.05) is 0 Å². The molecule has 1 aromatic rings. The van der Waals surface area contributed by atoms with E-state index in [9.17, 15) is 0 Å². The second-order valence-corrected chi connectivity index (χ2v) is 3.49. The van der Waals surface area contributed by atoms with E-state index in [1.165, 1.54) is 11.1 Å². The summed E-state index contributed by atoms with van der Waals surface area (Å²) in [4.78, 5) is 0. The SMILES string of the molecule is C[C@@H]1O[C@@H](C)Cc2ccccc21. The van der Waals surface area contributed by atoms with Gasteiger partial charge in [-0.1, -0.05) is 24.3 Å². The zero-order valence-electron chi connectivity index (χ0n) is 7.58. The van der Waals surface area contributed by atoms with Gasteiger partial charge in [0.05, 0.1) is 12.2 Å². The van der Waals surface area contributed by atoms with Crippen molar-refractivity contribution in [2.24, 2.45) is 0 Å². The van der Waals surface area contributed by atoms with Gasteiger partial charge in [-0.3, -0.25) is 0 Å². The van der Waals surface area contributed by atoms with Crippen LogP contribution in [0.1, 0.15) is 31.1 Å². The summed E-state index contributed by atoms with van der Waals surface area (Å²) in [6.45, 7) is 4.25. The Morgan fingerprint density at radius 3 is 2.83 bits per heavy atom. The van der Waals surface area contributed by atoms with Crippen molar-refractivity contribution in [3.63, 3.8) is 0 Å². The molecule has 1 aliphatic rings. The first kappa shape index (κ1) is 7.81. The Labute approximate surface area is 73.4 Å². The fraction of sp³-hybridized carbons (Fsp3) is 0.455. The zero-order valence-corrected chi connectivity index (χ0v) is 7.58. The van der Waals surface area contributed by atoms with Crippen LogP contribution in [0, 0.1) is 0 Å². The smallest absolute Gasteiger partial charge is 0.0803 e. The molecule has 2 rings (SSSR count). The van der Waals surface area contributed by atoms with Crippen LogP contribution in [0.4, 0.5) is 0 Å². The number of rotatable bonds is 0. The van der Waals surface area contributed by atoms with Gasteiger partial charge in [0.2, 0.25) is 0 Å². The highest BCUT2D eigenvalue weighted by molar-refractivity contribution is 5.30. The molecule has 64 valence electrons. The van der Waals surface area contributed by atoms with Crippen molar-refractivity contribution in [1.82, 2.24) is 0 Å². The Morgan fingerprint density at radius 1 is 1.25 bits per heavy atom. The molecule has 1 nitrogen and oxygen atoms in total. The predicted octanol–water partition coefficient (Wildman–Crippen LogP) is 2.71. The van der Waals surface area contributed by atoms with Crippen LogP contribution < -0.4 is 0 Å². The minimum Gasteiger partial charge on any atom is -0.371 e. The van der Waals surface area contributed by atoms with Gasteiger partial charge in [0.25, 0.3) is 0 Å². The predicted molar refractivity (Wildman–Crippen MR) is 49.1 cm³/mol. The lowest BCUT2D eigenvalue weighted by atomic mass is 9.96. The van der Waals surface area contributed by atoms with Crippen LogP contribution in [0.5, 0.6) is 0 Å². The molecule has 0 bridgehead atoms. The molecule has 0 saturated carbocycles. The van der Waals surface area contributed by atoms with Gasteiger partial charge in [-0.25, -0.2) is 0 Å². The number of benzene rings is 1. The first-order valence-electron chi connectivity index (χ1n) is 4.50. The van der Waals surface area contributed by atoms with Crippen molar-refractivity contribution in [3.05, 3.63) is 35.4 Å². The molecule has 0 aliphatic carbocycles. The first-order chi connectivity index (χ1) is 5.77. The Kier molecular flexibility index (Phi) is 1.89. The number of fused-ring (bicyclic) bond motifs is 1. The lowest BCUT2D eigenvalue weighted by Crippen LogP contribution is -2.21. The number of hydrogen-bond donors (Lipinski definition) is 0. The summed E-state index contributed by atoms with van der Waals surface area (Å²) in [7, 11) is 0. The topological polar surface area (TPSA) is 9.23 Å². The Morgan fingerprint density at radius 2 is 2.00 bits per heavy atom. The van der Waals surface area contributed by atoms with Crippen LogP contribution in [0.25, 0.3) is 0 Å². The van der Waals surface area contributed by atoms with Crippen molar-refractivity contribution in [1.29, 1.82) is 0 Å². The summed E-state index contributed by atoms with van der Waals surface area (Å²) < 4.78 is 5.71. The van der Waals surface area contributed by atoms with E-state index in [0.717, 1.165) is 6.42 Å². The van der Waals surface area contributed by atoms with Crippen LogP contribution in [0.3, 0.4) is 0 Å². The molecule has 1 aromatic carbocycles. The maximum atomic E-state index is 5.71. The molecule has 12 heavy (non-hydrogen) atoms. The van der Waals surface area contributed by atoms with Crippen molar-refractivity contribution in [2.75, 3.05) is 0 Å². The first-order valence-corrected chi connectivity index (χ1v) is 4.50. The largest absolute Gasteiger partial charge is 0.371 e. The average molecular weight is 162 g/mol. The fourth-order valence-electron chi connectivity index (χ4n) is 1.90. The molecule has 1 aliphatic heterocycles. The van der Waals surface area contributed by atoms with Crippen LogP contribution in [-0.4, -0.2) is 6.10 Å². The summed E-state index contributed by atoms with van der Waals surface area (Å²) >= 11 is 0. The zero-order chi connectivity index (χ0) is 8.55. The van der Waals surface area contributed by atoms with Gasteiger partial charge < -0.3 is 4.74 Å². The van der Waals surface area contributed by atoms with Gasteiger partial charge in [0.15, 0.2) is 0 Å². The van der Waals surface area contributed by atoms with Crippen molar-refractivity contribution >= 4 is 0 Å². The summed E-state index contributed by atoms with van der Waals surface area (Å²) in [5.41, 5.74) is 2.80. The maximum absolute atomic E-state index is 5.71. The van der Waals surface area contributed by atoms with Crippen LogP contribution in [0.15, 0.2) is 24.3 Å².